The van der Waals surface area contributed by atoms with Crippen molar-refractivity contribution >= 4 is 17.8 Å². The summed E-state index contributed by atoms with van der Waals surface area (Å²) in [7, 11) is 0. The molecule has 2 aromatic heterocycles. The lowest BCUT2D eigenvalue weighted by Gasteiger charge is -2.38. The summed E-state index contributed by atoms with van der Waals surface area (Å²) in [6, 6.07) is 7.37. The van der Waals surface area contributed by atoms with E-state index in [1.54, 1.807) is 41.7 Å². The van der Waals surface area contributed by atoms with Crippen LogP contribution >= 0.6 is 0 Å². The summed E-state index contributed by atoms with van der Waals surface area (Å²) >= 11 is 0. The summed E-state index contributed by atoms with van der Waals surface area (Å²) in [5.74, 6) is 0.441. The minimum Gasteiger partial charge on any atom is -0.384 e. The molecule has 2 N–H and O–H groups in total. The van der Waals surface area contributed by atoms with E-state index in [0.717, 1.165) is 11.1 Å². The van der Waals surface area contributed by atoms with Crippen molar-refractivity contribution in [2.45, 2.75) is 12.7 Å². The minimum absolute atomic E-state index is 0.0226. The largest absolute Gasteiger partial charge is 0.384 e. The van der Waals surface area contributed by atoms with Gasteiger partial charge in [0.05, 0.1) is 12.7 Å². The van der Waals surface area contributed by atoms with Crippen LogP contribution in [0.5, 0.6) is 0 Å². The van der Waals surface area contributed by atoms with Crippen LogP contribution in [0.3, 0.4) is 0 Å². The van der Waals surface area contributed by atoms with Crippen molar-refractivity contribution in [3.05, 3.63) is 60.1 Å². The van der Waals surface area contributed by atoms with Gasteiger partial charge in [0.1, 0.15) is 5.82 Å². The molecule has 118 valence electrons. The molecule has 3 rings (SSSR count). The van der Waals surface area contributed by atoms with Crippen molar-refractivity contribution in [1.82, 2.24) is 14.9 Å². The molecule has 0 radical (unpaired) electrons. The number of aromatic nitrogens is 2. The number of hydrogen-bond acceptors (Lipinski definition) is 5. The first-order valence-corrected chi connectivity index (χ1v) is 7.40. The highest BCUT2D eigenvalue weighted by molar-refractivity contribution is 5.92. The zero-order valence-corrected chi connectivity index (χ0v) is 12.6. The minimum atomic E-state index is -0.0226. The Balaban J connectivity index is 1.42. The molecule has 1 saturated heterocycles. The van der Waals surface area contributed by atoms with Crippen molar-refractivity contribution in [2.75, 3.05) is 18.8 Å². The summed E-state index contributed by atoms with van der Waals surface area (Å²) in [5, 5.41) is 0. The number of carbonyl (C=O) groups is 1. The summed E-state index contributed by atoms with van der Waals surface area (Å²) in [5.41, 5.74) is 7.45. The third-order valence-corrected chi connectivity index (χ3v) is 3.62. The van der Waals surface area contributed by atoms with E-state index >= 15 is 0 Å². The van der Waals surface area contributed by atoms with Crippen LogP contribution in [0, 0.1) is 0 Å². The average Bonchev–Trinajstić information content (AvgIpc) is 2.54. The molecule has 3 heterocycles. The van der Waals surface area contributed by atoms with Gasteiger partial charge >= 0.3 is 0 Å². The Kier molecular flexibility index (Phi) is 4.63. The van der Waals surface area contributed by atoms with Crippen LogP contribution in [0.4, 0.5) is 5.82 Å². The number of nitrogens with two attached hydrogens (primary N) is 1. The lowest BCUT2D eigenvalue weighted by molar-refractivity contribution is -0.140. The monoisotopic (exact) mass is 310 g/mol. The number of likely N-dealkylation sites (tertiary alicyclic amines) is 1. The zero-order valence-electron chi connectivity index (χ0n) is 12.6. The number of ether oxygens (including phenoxy) is 1. The molecule has 0 aliphatic carbocycles. The maximum absolute atomic E-state index is 12.0. The van der Waals surface area contributed by atoms with Gasteiger partial charge in [-0.3, -0.25) is 9.78 Å². The van der Waals surface area contributed by atoms with Crippen LogP contribution in [-0.2, 0) is 16.1 Å². The van der Waals surface area contributed by atoms with E-state index in [1.165, 1.54) is 0 Å². The summed E-state index contributed by atoms with van der Waals surface area (Å²) < 4.78 is 5.75. The molecule has 1 aliphatic rings. The van der Waals surface area contributed by atoms with Gasteiger partial charge in [-0.2, -0.15) is 0 Å². The Bertz CT molecular complexity index is 679. The Morgan fingerprint density at radius 1 is 1.30 bits per heavy atom. The number of hydrogen-bond donors (Lipinski definition) is 1. The summed E-state index contributed by atoms with van der Waals surface area (Å²) in [6.45, 7) is 1.78. The molecule has 0 bridgehead atoms. The van der Waals surface area contributed by atoms with Crippen LogP contribution in [-0.4, -0.2) is 40.0 Å². The topological polar surface area (TPSA) is 81.3 Å². The van der Waals surface area contributed by atoms with Gasteiger partial charge in [0, 0.05) is 37.8 Å². The van der Waals surface area contributed by atoms with Crippen molar-refractivity contribution in [1.29, 1.82) is 0 Å². The number of anilines is 1. The molecule has 0 saturated carbocycles. The molecule has 1 aliphatic heterocycles. The van der Waals surface area contributed by atoms with Gasteiger partial charge < -0.3 is 15.4 Å². The summed E-state index contributed by atoms with van der Waals surface area (Å²) in [4.78, 5) is 21.7. The Morgan fingerprint density at radius 3 is 2.78 bits per heavy atom. The van der Waals surface area contributed by atoms with E-state index in [2.05, 4.69) is 9.97 Å². The standard InChI is InChI=1S/C17H18N4O2/c18-16-3-1-13(9-20-16)2-4-17(22)21-10-15(11-21)23-12-14-5-7-19-8-6-14/h1-9,15H,10-12H2,(H2,18,20)/b4-2+. The van der Waals surface area contributed by atoms with Gasteiger partial charge in [0.15, 0.2) is 0 Å². The highest BCUT2D eigenvalue weighted by Crippen LogP contribution is 2.15. The van der Waals surface area contributed by atoms with Crippen molar-refractivity contribution < 1.29 is 9.53 Å². The predicted molar refractivity (Wildman–Crippen MR) is 87.1 cm³/mol. The molecule has 1 amide bonds. The first-order chi connectivity index (χ1) is 11.2. The average molecular weight is 310 g/mol. The molecular weight excluding hydrogens is 292 g/mol. The number of amides is 1. The van der Waals surface area contributed by atoms with Gasteiger partial charge in [-0.15, -0.1) is 0 Å². The maximum atomic E-state index is 12.0. The van der Waals surface area contributed by atoms with Crippen molar-refractivity contribution in [3.63, 3.8) is 0 Å². The number of carbonyl (C=O) groups excluding carboxylic acids is 1. The Morgan fingerprint density at radius 2 is 2.09 bits per heavy atom. The highest BCUT2D eigenvalue weighted by Gasteiger charge is 2.29. The fourth-order valence-corrected chi connectivity index (χ4v) is 2.20. The summed E-state index contributed by atoms with van der Waals surface area (Å²) in [6.07, 6.45) is 8.50. The van der Waals surface area contributed by atoms with Crippen LogP contribution in [0.25, 0.3) is 6.08 Å². The molecule has 23 heavy (non-hydrogen) atoms. The SMILES string of the molecule is Nc1ccc(/C=C/C(=O)N2CC(OCc3ccncc3)C2)cn1. The lowest BCUT2D eigenvalue weighted by atomic mass is 10.1. The number of pyridine rings is 2. The quantitative estimate of drug-likeness (QED) is 0.846. The molecule has 2 aromatic rings. The Hall–Kier alpha value is -2.73. The number of nitrogen functional groups attached to an aromatic ring is 1. The number of rotatable bonds is 5. The second-order valence-corrected chi connectivity index (χ2v) is 5.38. The molecule has 0 atom stereocenters. The van der Waals surface area contributed by atoms with Gasteiger partial charge in [0.2, 0.25) is 5.91 Å². The van der Waals surface area contributed by atoms with E-state index in [-0.39, 0.29) is 12.0 Å². The fraction of sp³-hybridized carbons (Fsp3) is 0.235. The van der Waals surface area contributed by atoms with Gasteiger partial charge in [0.25, 0.3) is 0 Å². The molecule has 0 unspecified atom stereocenters. The molecular formula is C17H18N4O2. The molecule has 0 aromatic carbocycles. The third-order valence-electron chi connectivity index (χ3n) is 3.62. The van der Waals surface area contributed by atoms with E-state index in [0.29, 0.717) is 25.5 Å². The molecule has 1 fully saturated rings. The number of nitrogens with zero attached hydrogens (tertiary/aromatic N) is 3. The Labute approximate surface area is 134 Å². The predicted octanol–water partition coefficient (Wildman–Crippen LogP) is 1.50. The van der Waals surface area contributed by atoms with Crippen LogP contribution in [0.1, 0.15) is 11.1 Å². The first-order valence-electron chi connectivity index (χ1n) is 7.40. The van der Waals surface area contributed by atoms with Gasteiger partial charge in [-0.1, -0.05) is 0 Å². The third kappa shape index (κ3) is 4.14. The van der Waals surface area contributed by atoms with E-state index in [9.17, 15) is 4.79 Å². The smallest absolute Gasteiger partial charge is 0.246 e. The molecule has 6 heteroatoms. The van der Waals surface area contributed by atoms with E-state index in [4.69, 9.17) is 10.5 Å². The normalized spacial score (nSPS) is 14.9. The maximum Gasteiger partial charge on any atom is 0.246 e. The van der Waals surface area contributed by atoms with Crippen molar-refractivity contribution in [3.8, 4) is 0 Å². The zero-order chi connectivity index (χ0) is 16.1. The van der Waals surface area contributed by atoms with Crippen LogP contribution in [0.15, 0.2) is 48.9 Å². The van der Waals surface area contributed by atoms with Crippen LogP contribution in [0.2, 0.25) is 0 Å². The second kappa shape index (κ2) is 7.02. The second-order valence-electron chi connectivity index (χ2n) is 5.38. The highest BCUT2D eigenvalue weighted by atomic mass is 16.5. The first kappa shape index (κ1) is 15.2. The van der Waals surface area contributed by atoms with Crippen LogP contribution < -0.4 is 5.73 Å². The van der Waals surface area contributed by atoms with E-state index < -0.39 is 0 Å². The molecule has 6 nitrogen and oxygen atoms in total. The van der Waals surface area contributed by atoms with E-state index in [1.807, 2.05) is 18.2 Å². The van der Waals surface area contributed by atoms with Gasteiger partial charge in [-0.25, -0.2) is 4.98 Å². The fourth-order valence-electron chi connectivity index (χ4n) is 2.20. The van der Waals surface area contributed by atoms with Crippen molar-refractivity contribution in [2.24, 2.45) is 0 Å². The van der Waals surface area contributed by atoms with Gasteiger partial charge in [-0.05, 0) is 41.5 Å². The lowest BCUT2D eigenvalue weighted by Crippen LogP contribution is -2.54. The molecule has 0 spiro atoms.